The number of benzene rings is 1. The Labute approximate surface area is 101 Å². The average molecular weight is 234 g/mol. The second-order valence-corrected chi connectivity index (χ2v) is 4.59. The summed E-state index contributed by atoms with van der Waals surface area (Å²) in [5.74, 6) is 0.0129. The Bertz CT molecular complexity index is 414. The molecular formula is C14H18O3. The van der Waals surface area contributed by atoms with E-state index in [4.69, 9.17) is 4.74 Å². The largest absolute Gasteiger partial charge is 0.493 e. The summed E-state index contributed by atoms with van der Waals surface area (Å²) >= 11 is 0. The maximum absolute atomic E-state index is 11.7. The van der Waals surface area contributed by atoms with Crippen molar-refractivity contribution in [1.29, 1.82) is 0 Å². The number of hydrogen-bond donors (Lipinski definition) is 1. The topological polar surface area (TPSA) is 46.5 Å². The molecule has 3 heteroatoms. The lowest BCUT2D eigenvalue weighted by atomic mass is 9.72. The maximum atomic E-state index is 11.7. The standard InChI is InChI=1S/C14H18O3/c1-2-3-8-14(13(15)16)9-10-17-12-7-5-4-6-11(12)14/h4-7H,2-3,8-10H2,1H3,(H,15,16). The molecular weight excluding hydrogens is 216 g/mol. The molecule has 0 bridgehead atoms. The van der Waals surface area contributed by atoms with E-state index in [0.29, 0.717) is 19.4 Å². The van der Waals surface area contributed by atoms with Gasteiger partial charge >= 0.3 is 5.97 Å². The summed E-state index contributed by atoms with van der Waals surface area (Å²) in [6.07, 6.45) is 3.21. The first-order valence-electron chi connectivity index (χ1n) is 6.16. The number of carboxylic acids is 1. The molecule has 0 aromatic heterocycles. The number of unbranched alkanes of at least 4 members (excludes halogenated alkanes) is 1. The van der Waals surface area contributed by atoms with Gasteiger partial charge in [-0.2, -0.15) is 0 Å². The van der Waals surface area contributed by atoms with Gasteiger partial charge in [0.15, 0.2) is 0 Å². The van der Waals surface area contributed by atoms with Crippen molar-refractivity contribution in [3.8, 4) is 5.75 Å². The van der Waals surface area contributed by atoms with Gasteiger partial charge < -0.3 is 9.84 Å². The Kier molecular flexibility index (Phi) is 3.36. The number of carboxylic acid groups (broad SMARTS) is 1. The molecule has 2 rings (SSSR count). The smallest absolute Gasteiger partial charge is 0.314 e. The lowest BCUT2D eigenvalue weighted by Gasteiger charge is -2.35. The second kappa shape index (κ2) is 4.78. The van der Waals surface area contributed by atoms with Crippen LogP contribution in [-0.4, -0.2) is 17.7 Å². The normalized spacial score (nSPS) is 22.6. The SMILES string of the molecule is CCCCC1(C(=O)O)CCOc2ccccc21. The van der Waals surface area contributed by atoms with Gasteiger partial charge in [0.25, 0.3) is 0 Å². The van der Waals surface area contributed by atoms with Crippen LogP contribution >= 0.6 is 0 Å². The molecule has 0 radical (unpaired) electrons. The Morgan fingerprint density at radius 2 is 2.24 bits per heavy atom. The highest BCUT2D eigenvalue weighted by atomic mass is 16.5. The van der Waals surface area contributed by atoms with Crippen LogP contribution in [0.25, 0.3) is 0 Å². The zero-order chi connectivity index (χ0) is 12.3. The third kappa shape index (κ3) is 2.02. The molecule has 1 unspecified atom stereocenters. The molecule has 1 atom stereocenters. The fourth-order valence-electron chi connectivity index (χ4n) is 2.53. The monoisotopic (exact) mass is 234 g/mol. The molecule has 0 spiro atoms. The highest BCUT2D eigenvalue weighted by molar-refractivity contribution is 5.83. The molecule has 3 nitrogen and oxygen atoms in total. The van der Waals surface area contributed by atoms with Crippen LogP contribution < -0.4 is 4.74 Å². The third-order valence-corrected chi connectivity index (χ3v) is 3.56. The summed E-state index contributed by atoms with van der Waals surface area (Å²) in [7, 11) is 0. The van der Waals surface area contributed by atoms with Gasteiger partial charge in [-0.05, 0) is 12.5 Å². The molecule has 92 valence electrons. The van der Waals surface area contributed by atoms with Crippen molar-refractivity contribution in [3.63, 3.8) is 0 Å². The van der Waals surface area contributed by atoms with Gasteiger partial charge in [0.2, 0.25) is 0 Å². The number of hydrogen-bond acceptors (Lipinski definition) is 2. The maximum Gasteiger partial charge on any atom is 0.314 e. The van der Waals surface area contributed by atoms with Crippen LogP contribution in [0.2, 0.25) is 0 Å². The van der Waals surface area contributed by atoms with Crippen molar-refractivity contribution in [2.24, 2.45) is 0 Å². The Balaban J connectivity index is 2.43. The molecule has 1 aromatic rings. The van der Waals surface area contributed by atoms with E-state index in [1.165, 1.54) is 0 Å². The van der Waals surface area contributed by atoms with Crippen molar-refractivity contribution in [1.82, 2.24) is 0 Å². The Morgan fingerprint density at radius 1 is 1.47 bits per heavy atom. The molecule has 1 aromatic carbocycles. The minimum Gasteiger partial charge on any atom is -0.493 e. The molecule has 0 fully saturated rings. The molecule has 0 aliphatic carbocycles. The van der Waals surface area contributed by atoms with Crippen LogP contribution in [0.5, 0.6) is 5.75 Å². The number of ether oxygens (including phenoxy) is 1. The first-order chi connectivity index (χ1) is 8.20. The van der Waals surface area contributed by atoms with Crippen LogP contribution in [0.15, 0.2) is 24.3 Å². The molecule has 1 aliphatic rings. The van der Waals surface area contributed by atoms with Crippen LogP contribution in [-0.2, 0) is 10.2 Å². The predicted octanol–water partition coefficient (Wildman–Crippen LogP) is 2.98. The number of fused-ring (bicyclic) bond motifs is 1. The zero-order valence-corrected chi connectivity index (χ0v) is 10.1. The summed E-state index contributed by atoms with van der Waals surface area (Å²) < 4.78 is 5.55. The van der Waals surface area contributed by atoms with E-state index in [9.17, 15) is 9.90 Å². The molecule has 1 N–H and O–H groups in total. The van der Waals surface area contributed by atoms with Crippen LogP contribution in [0.4, 0.5) is 0 Å². The molecule has 0 saturated heterocycles. The summed E-state index contributed by atoms with van der Waals surface area (Å²) in [6.45, 7) is 2.58. The minimum absolute atomic E-state index is 0.493. The summed E-state index contributed by atoms with van der Waals surface area (Å²) in [5, 5.41) is 9.61. The van der Waals surface area contributed by atoms with Crippen molar-refractivity contribution < 1.29 is 14.6 Å². The van der Waals surface area contributed by atoms with E-state index in [0.717, 1.165) is 24.2 Å². The molecule has 1 heterocycles. The van der Waals surface area contributed by atoms with Gasteiger partial charge in [-0.25, -0.2) is 0 Å². The fourth-order valence-corrected chi connectivity index (χ4v) is 2.53. The minimum atomic E-state index is -0.745. The number of aliphatic carboxylic acids is 1. The van der Waals surface area contributed by atoms with Crippen molar-refractivity contribution in [2.45, 2.75) is 38.0 Å². The Hall–Kier alpha value is -1.51. The van der Waals surface area contributed by atoms with Crippen LogP contribution in [0, 0.1) is 0 Å². The molecule has 17 heavy (non-hydrogen) atoms. The van der Waals surface area contributed by atoms with E-state index in [1.807, 2.05) is 24.3 Å². The molecule has 0 saturated carbocycles. The number of para-hydroxylation sites is 1. The van der Waals surface area contributed by atoms with Crippen molar-refractivity contribution in [2.75, 3.05) is 6.61 Å². The van der Waals surface area contributed by atoms with Gasteiger partial charge in [-0.15, -0.1) is 0 Å². The van der Waals surface area contributed by atoms with E-state index < -0.39 is 11.4 Å². The number of carbonyl (C=O) groups is 1. The van der Waals surface area contributed by atoms with Gasteiger partial charge in [-0.1, -0.05) is 38.0 Å². The van der Waals surface area contributed by atoms with Crippen LogP contribution in [0.3, 0.4) is 0 Å². The van der Waals surface area contributed by atoms with E-state index >= 15 is 0 Å². The highest BCUT2D eigenvalue weighted by Gasteiger charge is 2.43. The van der Waals surface area contributed by atoms with E-state index in [1.54, 1.807) is 0 Å². The van der Waals surface area contributed by atoms with Gasteiger partial charge in [0.05, 0.1) is 12.0 Å². The fraction of sp³-hybridized carbons (Fsp3) is 0.500. The number of rotatable bonds is 4. The summed E-state index contributed by atoms with van der Waals surface area (Å²) in [4.78, 5) is 11.7. The van der Waals surface area contributed by atoms with Gasteiger partial charge in [0.1, 0.15) is 5.75 Å². The predicted molar refractivity (Wildman–Crippen MR) is 65.4 cm³/mol. The zero-order valence-electron chi connectivity index (χ0n) is 10.1. The van der Waals surface area contributed by atoms with Gasteiger partial charge in [0, 0.05) is 12.0 Å². The third-order valence-electron chi connectivity index (χ3n) is 3.56. The summed E-state index contributed by atoms with van der Waals surface area (Å²) in [5.41, 5.74) is 0.0948. The second-order valence-electron chi connectivity index (χ2n) is 4.59. The summed E-state index contributed by atoms with van der Waals surface area (Å²) in [6, 6.07) is 7.52. The van der Waals surface area contributed by atoms with Crippen molar-refractivity contribution >= 4 is 5.97 Å². The highest BCUT2D eigenvalue weighted by Crippen LogP contribution is 2.42. The lowest BCUT2D eigenvalue weighted by molar-refractivity contribution is -0.145. The van der Waals surface area contributed by atoms with Crippen molar-refractivity contribution in [3.05, 3.63) is 29.8 Å². The first-order valence-corrected chi connectivity index (χ1v) is 6.16. The van der Waals surface area contributed by atoms with Crippen LogP contribution in [0.1, 0.15) is 38.2 Å². The Morgan fingerprint density at radius 3 is 2.94 bits per heavy atom. The first kappa shape index (κ1) is 12.0. The quantitative estimate of drug-likeness (QED) is 0.871. The lowest BCUT2D eigenvalue weighted by Crippen LogP contribution is -2.40. The molecule has 1 aliphatic heterocycles. The van der Waals surface area contributed by atoms with Gasteiger partial charge in [-0.3, -0.25) is 4.79 Å². The van der Waals surface area contributed by atoms with E-state index in [-0.39, 0.29) is 0 Å². The molecule has 0 amide bonds. The average Bonchev–Trinajstić information content (AvgIpc) is 2.36. The van der Waals surface area contributed by atoms with E-state index in [2.05, 4.69) is 6.92 Å².